The smallest absolute Gasteiger partial charge is 0.328 e. The number of ether oxygens (including phenoxy) is 1. The van der Waals surface area contributed by atoms with Crippen molar-refractivity contribution in [3.8, 4) is 0 Å². The van der Waals surface area contributed by atoms with Gasteiger partial charge in [0, 0.05) is 17.8 Å². The van der Waals surface area contributed by atoms with Gasteiger partial charge in [0.25, 0.3) is 11.8 Å². The van der Waals surface area contributed by atoms with E-state index < -0.39 is 23.8 Å². The van der Waals surface area contributed by atoms with Crippen molar-refractivity contribution in [2.24, 2.45) is 0 Å². The summed E-state index contributed by atoms with van der Waals surface area (Å²) >= 11 is 18.3. The fourth-order valence-electron chi connectivity index (χ4n) is 3.16. The van der Waals surface area contributed by atoms with Crippen LogP contribution in [-0.2, 0) is 16.0 Å². The van der Waals surface area contributed by atoms with Crippen molar-refractivity contribution in [1.82, 2.24) is 5.32 Å². The van der Waals surface area contributed by atoms with Crippen LogP contribution < -0.4 is 16.4 Å². The molecule has 0 saturated heterocycles. The van der Waals surface area contributed by atoms with Crippen LogP contribution in [0.3, 0.4) is 0 Å². The summed E-state index contributed by atoms with van der Waals surface area (Å²) in [5, 5.41) is 6.00. The zero-order chi connectivity index (χ0) is 24.8. The van der Waals surface area contributed by atoms with Crippen molar-refractivity contribution in [1.29, 1.82) is 0 Å². The number of esters is 1. The van der Waals surface area contributed by atoms with Gasteiger partial charge in [-0.3, -0.25) is 9.59 Å². The molecule has 2 amide bonds. The highest BCUT2D eigenvalue weighted by atomic mass is 35.5. The van der Waals surface area contributed by atoms with E-state index in [1.807, 2.05) is 0 Å². The van der Waals surface area contributed by atoms with Crippen LogP contribution in [0.1, 0.15) is 26.3 Å². The molecule has 10 heteroatoms. The number of methoxy groups -OCH3 is 1. The van der Waals surface area contributed by atoms with Crippen molar-refractivity contribution >= 4 is 64.0 Å². The summed E-state index contributed by atoms with van der Waals surface area (Å²) in [5.74, 6) is -1.62. The first-order valence-electron chi connectivity index (χ1n) is 9.97. The van der Waals surface area contributed by atoms with Gasteiger partial charge in [-0.25, -0.2) is 4.79 Å². The molecular formula is C24H20Cl3N3O4. The number of carbonyl (C=O) groups excluding carboxylic acids is 3. The summed E-state index contributed by atoms with van der Waals surface area (Å²) in [5.41, 5.74) is 7.64. The van der Waals surface area contributed by atoms with Gasteiger partial charge < -0.3 is 21.1 Å². The summed E-state index contributed by atoms with van der Waals surface area (Å²) < 4.78 is 4.83. The zero-order valence-corrected chi connectivity index (χ0v) is 20.2. The Balaban J connectivity index is 1.71. The second kappa shape index (κ2) is 11.2. The average molecular weight is 521 g/mol. The minimum absolute atomic E-state index is 0.148. The van der Waals surface area contributed by atoms with Gasteiger partial charge in [0.05, 0.1) is 33.3 Å². The Morgan fingerprint density at radius 2 is 1.56 bits per heavy atom. The molecule has 0 heterocycles. The van der Waals surface area contributed by atoms with Crippen molar-refractivity contribution in [2.75, 3.05) is 18.2 Å². The van der Waals surface area contributed by atoms with Crippen molar-refractivity contribution in [3.63, 3.8) is 0 Å². The third-order valence-corrected chi connectivity index (χ3v) is 5.81. The Labute approximate surface area is 211 Å². The quantitative estimate of drug-likeness (QED) is 0.300. The number of carbonyl (C=O) groups is 3. The van der Waals surface area contributed by atoms with Crippen molar-refractivity contribution < 1.29 is 19.1 Å². The van der Waals surface area contributed by atoms with Crippen LogP contribution in [0.5, 0.6) is 0 Å². The minimum Gasteiger partial charge on any atom is -0.467 e. The number of nitrogen functional groups attached to an aromatic ring is 1. The van der Waals surface area contributed by atoms with E-state index in [2.05, 4.69) is 10.6 Å². The molecule has 0 spiro atoms. The highest BCUT2D eigenvalue weighted by Crippen LogP contribution is 2.25. The monoisotopic (exact) mass is 519 g/mol. The molecule has 1 atom stereocenters. The Morgan fingerprint density at radius 3 is 2.15 bits per heavy atom. The van der Waals surface area contributed by atoms with Crippen LogP contribution in [0.25, 0.3) is 0 Å². The molecule has 176 valence electrons. The number of anilines is 2. The van der Waals surface area contributed by atoms with Crippen LogP contribution >= 0.6 is 34.8 Å². The maximum absolute atomic E-state index is 12.6. The largest absolute Gasteiger partial charge is 0.467 e. The van der Waals surface area contributed by atoms with E-state index in [4.69, 9.17) is 45.3 Å². The van der Waals surface area contributed by atoms with Gasteiger partial charge in [0.2, 0.25) is 0 Å². The van der Waals surface area contributed by atoms with Crippen molar-refractivity contribution in [3.05, 3.63) is 92.4 Å². The molecule has 34 heavy (non-hydrogen) atoms. The van der Waals surface area contributed by atoms with E-state index in [9.17, 15) is 14.4 Å². The molecule has 0 aliphatic rings. The van der Waals surface area contributed by atoms with Crippen molar-refractivity contribution in [2.45, 2.75) is 12.5 Å². The summed E-state index contributed by atoms with van der Waals surface area (Å²) in [6, 6.07) is 15.0. The Morgan fingerprint density at radius 1 is 0.912 bits per heavy atom. The number of halogens is 3. The molecule has 0 bridgehead atoms. The second-order valence-electron chi connectivity index (χ2n) is 7.24. The number of nitrogens with one attached hydrogen (secondary N) is 2. The summed E-state index contributed by atoms with van der Waals surface area (Å²) in [4.78, 5) is 37.5. The van der Waals surface area contributed by atoms with E-state index in [1.54, 1.807) is 42.5 Å². The third-order valence-electron chi connectivity index (χ3n) is 4.87. The second-order valence-corrected chi connectivity index (χ2v) is 8.46. The van der Waals surface area contributed by atoms with Crippen LogP contribution in [0.4, 0.5) is 11.4 Å². The molecule has 0 aromatic heterocycles. The third kappa shape index (κ3) is 6.20. The van der Waals surface area contributed by atoms with Crippen LogP contribution in [-0.4, -0.2) is 30.9 Å². The molecule has 3 aromatic carbocycles. The maximum atomic E-state index is 12.6. The molecule has 0 fully saturated rings. The van der Waals surface area contributed by atoms with Crippen LogP contribution in [0.15, 0.2) is 60.7 Å². The van der Waals surface area contributed by atoms with Gasteiger partial charge in [-0.2, -0.15) is 0 Å². The van der Waals surface area contributed by atoms with E-state index >= 15 is 0 Å². The van der Waals surface area contributed by atoms with Crippen LogP contribution in [0, 0.1) is 0 Å². The first kappa shape index (κ1) is 25.4. The fourth-order valence-corrected chi connectivity index (χ4v) is 4.00. The number of hydrogen-bond acceptors (Lipinski definition) is 5. The summed E-state index contributed by atoms with van der Waals surface area (Å²) in [6.07, 6.45) is 0.148. The predicted octanol–water partition coefficient (Wildman–Crippen LogP) is 5.00. The SMILES string of the molecule is COC(=O)[C@H](Cc1ccc(NC(=O)c2c(Cl)cccc2Cl)cc1)NC(=O)c1ccc(N)cc1Cl. The topological polar surface area (TPSA) is 111 Å². The molecule has 0 radical (unpaired) electrons. The summed E-state index contributed by atoms with van der Waals surface area (Å²) in [6.45, 7) is 0. The standard InChI is InChI=1S/C24H20Cl3N3O4/c1-34-24(33)20(30-22(31)16-10-7-14(28)12-19(16)27)11-13-5-8-15(9-6-13)29-23(32)21-17(25)3-2-4-18(21)26/h2-10,12,20H,11,28H2,1H3,(H,29,32)(H,30,31)/t20-/m0/s1. The maximum Gasteiger partial charge on any atom is 0.328 e. The molecular weight excluding hydrogens is 501 g/mol. The molecule has 3 rings (SSSR count). The van der Waals surface area contributed by atoms with Gasteiger partial charge in [-0.05, 0) is 48.0 Å². The fraction of sp³-hybridized carbons (Fsp3) is 0.125. The number of rotatable bonds is 7. The van der Waals surface area contributed by atoms with Gasteiger partial charge in [0.15, 0.2) is 0 Å². The predicted molar refractivity (Wildman–Crippen MR) is 134 cm³/mol. The Bertz CT molecular complexity index is 1210. The highest BCUT2D eigenvalue weighted by molar-refractivity contribution is 6.40. The molecule has 3 aromatic rings. The zero-order valence-electron chi connectivity index (χ0n) is 17.9. The van der Waals surface area contributed by atoms with Gasteiger partial charge >= 0.3 is 5.97 Å². The molecule has 0 unspecified atom stereocenters. The normalized spacial score (nSPS) is 11.4. The number of hydrogen-bond donors (Lipinski definition) is 3. The number of benzene rings is 3. The highest BCUT2D eigenvalue weighted by Gasteiger charge is 2.24. The number of nitrogens with two attached hydrogens (primary N) is 1. The van der Waals surface area contributed by atoms with E-state index in [-0.39, 0.29) is 32.6 Å². The minimum atomic E-state index is -0.964. The van der Waals surface area contributed by atoms with Gasteiger partial charge in [-0.1, -0.05) is 53.0 Å². The Kier molecular flexibility index (Phi) is 8.39. The molecule has 4 N–H and O–H groups in total. The lowest BCUT2D eigenvalue weighted by molar-refractivity contribution is -0.142. The lowest BCUT2D eigenvalue weighted by Gasteiger charge is -2.17. The lowest BCUT2D eigenvalue weighted by Crippen LogP contribution is -2.43. The first-order chi connectivity index (χ1) is 16.2. The van der Waals surface area contributed by atoms with Crippen LogP contribution in [0.2, 0.25) is 15.1 Å². The summed E-state index contributed by atoms with van der Waals surface area (Å²) in [7, 11) is 1.23. The number of amides is 2. The Hall–Kier alpha value is -3.26. The average Bonchev–Trinajstić information content (AvgIpc) is 2.79. The van der Waals surface area contributed by atoms with Gasteiger partial charge in [-0.15, -0.1) is 0 Å². The van der Waals surface area contributed by atoms with E-state index in [0.717, 1.165) is 0 Å². The molecule has 0 aliphatic heterocycles. The van der Waals surface area contributed by atoms with Gasteiger partial charge in [0.1, 0.15) is 6.04 Å². The first-order valence-corrected chi connectivity index (χ1v) is 11.1. The van der Waals surface area contributed by atoms with E-state index in [0.29, 0.717) is 16.9 Å². The lowest BCUT2D eigenvalue weighted by atomic mass is 10.0. The molecule has 0 saturated carbocycles. The molecule has 0 aliphatic carbocycles. The van der Waals surface area contributed by atoms with E-state index in [1.165, 1.54) is 25.3 Å². The molecule has 7 nitrogen and oxygen atoms in total.